The van der Waals surface area contributed by atoms with Gasteiger partial charge in [0.2, 0.25) is 0 Å². The lowest BCUT2D eigenvalue weighted by molar-refractivity contribution is 0.338. The van der Waals surface area contributed by atoms with Crippen molar-refractivity contribution in [1.82, 2.24) is 0 Å². The standard InChI is InChI=1S/C28H25ClO4/c1-5-30-20-10-14-19(29)9-15-21(31-6-2)11-17-23(33-8-4)13-18-22(32-7-3)12-16(20)26-24(14)25(15)27(17)28(18)26/h9-13H,5-8H2,1-4H3. The quantitative estimate of drug-likeness (QED) is 0.215. The van der Waals surface area contributed by atoms with Crippen molar-refractivity contribution in [1.29, 1.82) is 0 Å². The van der Waals surface area contributed by atoms with Crippen LogP contribution in [-0.4, -0.2) is 26.4 Å². The van der Waals surface area contributed by atoms with Gasteiger partial charge >= 0.3 is 0 Å². The third kappa shape index (κ3) is 2.64. The molecule has 0 aliphatic carbocycles. The number of benzene rings is 5. The first-order valence-corrected chi connectivity index (χ1v) is 12.0. The summed E-state index contributed by atoms with van der Waals surface area (Å²) < 4.78 is 24.5. The molecule has 5 heteroatoms. The normalized spacial score (nSPS) is 12.3. The van der Waals surface area contributed by atoms with Gasteiger partial charge in [0.05, 0.1) is 26.4 Å². The molecule has 0 aliphatic rings. The maximum Gasteiger partial charge on any atom is 0.128 e. The molecule has 0 amide bonds. The number of hydrogen-bond donors (Lipinski definition) is 0. The summed E-state index contributed by atoms with van der Waals surface area (Å²) in [5.74, 6) is 3.32. The van der Waals surface area contributed by atoms with Crippen molar-refractivity contribution in [2.45, 2.75) is 27.7 Å². The largest absolute Gasteiger partial charge is 0.493 e. The number of hydrogen-bond acceptors (Lipinski definition) is 4. The van der Waals surface area contributed by atoms with Crippen molar-refractivity contribution >= 4 is 65.5 Å². The Morgan fingerprint density at radius 3 is 1.06 bits per heavy atom. The average Bonchev–Trinajstić information content (AvgIpc) is 3.16. The maximum absolute atomic E-state index is 6.88. The second kappa shape index (κ2) is 7.46. The molecule has 168 valence electrons. The zero-order valence-corrected chi connectivity index (χ0v) is 20.0. The lowest BCUT2D eigenvalue weighted by Crippen LogP contribution is -1.97. The molecule has 33 heavy (non-hydrogen) atoms. The molecule has 0 saturated heterocycles. The van der Waals surface area contributed by atoms with Gasteiger partial charge in [0.25, 0.3) is 0 Å². The molecule has 0 fully saturated rings. The molecule has 0 atom stereocenters. The van der Waals surface area contributed by atoms with Crippen molar-refractivity contribution in [3.63, 3.8) is 0 Å². The zero-order valence-electron chi connectivity index (χ0n) is 19.2. The fourth-order valence-electron chi connectivity index (χ4n) is 5.44. The van der Waals surface area contributed by atoms with Crippen LogP contribution < -0.4 is 18.9 Å². The van der Waals surface area contributed by atoms with E-state index < -0.39 is 0 Å². The first kappa shape index (κ1) is 20.5. The van der Waals surface area contributed by atoms with Crippen molar-refractivity contribution in [3.8, 4) is 23.0 Å². The van der Waals surface area contributed by atoms with Crippen molar-refractivity contribution in [2.24, 2.45) is 0 Å². The minimum absolute atomic E-state index is 0.572. The third-order valence-electron chi connectivity index (χ3n) is 6.49. The van der Waals surface area contributed by atoms with E-state index in [9.17, 15) is 0 Å². The van der Waals surface area contributed by atoms with Gasteiger partial charge < -0.3 is 18.9 Å². The first-order valence-electron chi connectivity index (χ1n) is 11.6. The van der Waals surface area contributed by atoms with Crippen LogP contribution in [-0.2, 0) is 0 Å². The Kier molecular flexibility index (Phi) is 4.63. The van der Waals surface area contributed by atoms with Crippen LogP contribution >= 0.6 is 11.6 Å². The van der Waals surface area contributed by atoms with E-state index in [0.29, 0.717) is 31.5 Å². The van der Waals surface area contributed by atoms with Gasteiger partial charge in [-0.15, -0.1) is 0 Å². The Balaban J connectivity index is 1.96. The molecular weight excluding hydrogens is 436 g/mol. The highest BCUT2D eigenvalue weighted by Crippen LogP contribution is 2.56. The van der Waals surface area contributed by atoms with Crippen LogP contribution in [0.15, 0.2) is 30.3 Å². The van der Waals surface area contributed by atoms with Crippen LogP contribution in [0.3, 0.4) is 0 Å². The molecule has 0 radical (unpaired) electrons. The monoisotopic (exact) mass is 460 g/mol. The van der Waals surface area contributed by atoms with E-state index in [2.05, 4.69) is 24.3 Å². The van der Waals surface area contributed by atoms with Gasteiger partial charge in [-0.05, 0) is 58.0 Å². The average molecular weight is 461 g/mol. The van der Waals surface area contributed by atoms with Crippen molar-refractivity contribution < 1.29 is 18.9 Å². The minimum atomic E-state index is 0.572. The summed E-state index contributed by atoms with van der Waals surface area (Å²) in [4.78, 5) is 0. The summed E-state index contributed by atoms with van der Waals surface area (Å²) in [7, 11) is 0. The van der Waals surface area contributed by atoms with Gasteiger partial charge in [0.1, 0.15) is 23.0 Å². The van der Waals surface area contributed by atoms with E-state index in [1.165, 1.54) is 21.5 Å². The van der Waals surface area contributed by atoms with Gasteiger partial charge in [-0.2, -0.15) is 0 Å². The first-order chi connectivity index (χ1) is 16.1. The van der Waals surface area contributed by atoms with E-state index >= 15 is 0 Å². The summed E-state index contributed by atoms with van der Waals surface area (Å²) in [6.45, 7) is 10.3. The smallest absolute Gasteiger partial charge is 0.128 e. The van der Waals surface area contributed by atoms with E-state index in [4.69, 9.17) is 30.5 Å². The Hall–Kier alpha value is -3.11. The maximum atomic E-state index is 6.88. The van der Waals surface area contributed by atoms with Crippen LogP contribution in [0.4, 0.5) is 0 Å². The number of ether oxygens (including phenoxy) is 4. The van der Waals surface area contributed by atoms with Crippen LogP contribution in [0.25, 0.3) is 53.9 Å². The highest BCUT2D eigenvalue weighted by atomic mass is 35.5. The Bertz CT molecular complexity index is 1580. The summed E-state index contributed by atoms with van der Waals surface area (Å²) in [5.41, 5.74) is 0. The molecule has 0 spiro atoms. The van der Waals surface area contributed by atoms with Gasteiger partial charge in [0, 0.05) is 58.9 Å². The zero-order chi connectivity index (χ0) is 22.9. The van der Waals surface area contributed by atoms with Crippen LogP contribution in [0.1, 0.15) is 27.7 Å². The van der Waals surface area contributed by atoms with Crippen molar-refractivity contribution in [3.05, 3.63) is 35.4 Å². The highest BCUT2D eigenvalue weighted by Gasteiger charge is 2.28. The van der Waals surface area contributed by atoms with E-state index in [0.717, 1.165) is 55.3 Å². The number of halogens is 1. The topological polar surface area (TPSA) is 36.9 Å². The predicted octanol–water partition coefficient (Wildman–Crippen LogP) is 8.01. The Morgan fingerprint density at radius 2 is 0.727 bits per heavy atom. The molecule has 0 aromatic heterocycles. The second-order valence-electron chi connectivity index (χ2n) is 8.20. The fourth-order valence-corrected chi connectivity index (χ4v) is 5.70. The minimum Gasteiger partial charge on any atom is -0.493 e. The highest BCUT2D eigenvalue weighted by molar-refractivity contribution is 6.49. The van der Waals surface area contributed by atoms with Crippen LogP contribution in [0.5, 0.6) is 23.0 Å². The molecule has 4 nitrogen and oxygen atoms in total. The molecule has 6 rings (SSSR count). The van der Waals surface area contributed by atoms with E-state index in [-0.39, 0.29) is 0 Å². The molecule has 0 N–H and O–H groups in total. The Morgan fingerprint density at radius 1 is 0.455 bits per heavy atom. The van der Waals surface area contributed by atoms with Gasteiger partial charge in [-0.1, -0.05) is 11.6 Å². The van der Waals surface area contributed by atoms with Gasteiger partial charge in [0.15, 0.2) is 0 Å². The van der Waals surface area contributed by atoms with E-state index in [1.54, 1.807) is 0 Å². The van der Waals surface area contributed by atoms with Crippen LogP contribution in [0, 0.1) is 0 Å². The fraction of sp³-hybridized carbons (Fsp3) is 0.286. The third-order valence-corrected chi connectivity index (χ3v) is 6.80. The molecule has 0 bridgehead atoms. The van der Waals surface area contributed by atoms with Crippen molar-refractivity contribution in [2.75, 3.05) is 26.4 Å². The molecule has 0 unspecified atom stereocenters. The van der Waals surface area contributed by atoms with Gasteiger partial charge in [-0.3, -0.25) is 0 Å². The van der Waals surface area contributed by atoms with Gasteiger partial charge in [-0.25, -0.2) is 0 Å². The summed E-state index contributed by atoms with van der Waals surface area (Å²) in [6, 6.07) is 10.4. The predicted molar refractivity (Wildman–Crippen MR) is 137 cm³/mol. The number of rotatable bonds is 8. The SMILES string of the molecule is CCOc1cc2c(OCC)cc3c(OCC)cc4c(OCC)cc5c(Cl)cc1c1c5c4c3c21. The lowest BCUT2D eigenvalue weighted by Gasteiger charge is -2.16. The molecule has 0 saturated carbocycles. The molecule has 6 aromatic rings. The van der Waals surface area contributed by atoms with E-state index in [1.807, 2.05) is 33.8 Å². The second-order valence-corrected chi connectivity index (χ2v) is 8.61. The Labute approximate surface area is 196 Å². The summed E-state index contributed by atoms with van der Waals surface area (Å²) >= 11 is 6.88. The lowest BCUT2D eigenvalue weighted by atomic mass is 9.97. The molecule has 0 heterocycles. The molecule has 6 aromatic carbocycles. The molecular formula is C28H25ClO4. The molecule has 0 aliphatic heterocycles. The summed E-state index contributed by atoms with van der Waals surface area (Å²) in [5, 5.41) is 11.7. The summed E-state index contributed by atoms with van der Waals surface area (Å²) in [6.07, 6.45) is 0. The van der Waals surface area contributed by atoms with Crippen LogP contribution in [0.2, 0.25) is 5.02 Å².